The third-order valence-electron chi connectivity index (χ3n) is 2.75. The third kappa shape index (κ3) is 4.33. The first kappa shape index (κ1) is 14.4. The largest absolute Gasteiger partial charge is 0.505 e. The Morgan fingerprint density at radius 2 is 2.22 bits per heavy atom. The molecule has 5 heteroatoms. The van der Waals surface area contributed by atoms with E-state index in [9.17, 15) is 9.90 Å². The fourth-order valence-electron chi connectivity index (χ4n) is 1.75. The van der Waals surface area contributed by atoms with Crippen LogP contribution < -0.4 is 5.32 Å². The van der Waals surface area contributed by atoms with Crippen molar-refractivity contribution in [3.8, 4) is 5.75 Å². The van der Waals surface area contributed by atoms with E-state index in [1.54, 1.807) is 0 Å². The van der Waals surface area contributed by atoms with E-state index in [2.05, 4.69) is 29.0 Å². The molecule has 5 nitrogen and oxygen atoms in total. The second-order valence-corrected chi connectivity index (χ2v) is 4.08. The highest BCUT2D eigenvalue weighted by Gasteiger charge is 2.10. The Hall–Kier alpha value is -1.62. The highest BCUT2D eigenvalue weighted by atomic mass is 16.3. The minimum Gasteiger partial charge on any atom is -0.505 e. The van der Waals surface area contributed by atoms with Crippen LogP contribution in [-0.4, -0.2) is 47.1 Å². The van der Waals surface area contributed by atoms with Crippen molar-refractivity contribution in [2.24, 2.45) is 0 Å². The van der Waals surface area contributed by atoms with E-state index in [0.29, 0.717) is 6.54 Å². The van der Waals surface area contributed by atoms with Gasteiger partial charge in [-0.1, -0.05) is 13.8 Å². The minimum absolute atomic E-state index is 0.0871. The number of carbonyl (C=O) groups excluding carboxylic acids is 1. The van der Waals surface area contributed by atoms with Crippen LogP contribution in [0.4, 0.5) is 0 Å². The summed E-state index contributed by atoms with van der Waals surface area (Å²) in [6.07, 6.45) is 3.86. The van der Waals surface area contributed by atoms with E-state index < -0.39 is 0 Å². The summed E-state index contributed by atoms with van der Waals surface area (Å²) in [7, 11) is 0. The van der Waals surface area contributed by atoms with Crippen LogP contribution in [0.25, 0.3) is 0 Å². The van der Waals surface area contributed by atoms with Gasteiger partial charge in [0.2, 0.25) is 0 Å². The number of likely N-dealkylation sites (N-methyl/N-ethyl adjacent to an activating group) is 1. The van der Waals surface area contributed by atoms with E-state index >= 15 is 0 Å². The molecule has 18 heavy (non-hydrogen) atoms. The molecule has 0 atom stereocenters. The lowest BCUT2D eigenvalue weighted by Crippen LogP contribution is -2.35. The summed E-state index contributed by atoms with van der Waals surface area (Å²) in [4.78, 5) is 17.8. The van der Waals surface area contributed by atoms with Gasteiger partial charge in [0.1, 0.15) is 5.75 Å². The van der Waals surface area contributed by atoms with Gasteiger partial charge < -0.3 is 15.3 Å². The van der Waals surface area contributed by atoms with Gasteiger partial charge in [0, 0.05) is 19.3 Å². The second-order valence-electron chi connectivity index (χ2n) is 4.08. The molecule has 0 unspecified atom stereocenters. The lowest BCUT2D eigenvalue weighted by Gasteiger charge is -2.19. The number of aromatic hydroxyl groups is 1. The lowest BCUT2D eigenvalue weighted by molar-refractivity contribution is 0.0946. The van der Waals surface area contributed by atoms with Crippen molar-refractivity contribution in [2.45, 2.75) is 20.3 Å². The van der Waals surface area contributed by atoms with Gasteiger partial charge in [-0.05, 0) is 25.6 Å². The van der Waals surface area contributed by atoms with Crippen LogP contribution >= 0.6 is 0 Å². The third-order valence-corrected chi connectivity index (χ3v) is 2.75. The number of hydrogen-bond donors (Lipinski definition) is 2. The van der Waals surface area contributed by atoms with E-state index in [4.69, 9.17) is 0 Å². The summed E-state index contributed by atoms with van der Waals surface area (Å²) in [6.45, 7) is 7.65. The number of rotatable bonds is 7. The molecule has 0 fully saturated rings. The molecule has 0 aliphatic rings. The normalized spacial score (nSPS) is 10.6. The fourth-order valence-corrected chi connectivity index (χ4v) is 1.75. The van der Waals surface area contributed by atoms with E-state index in [1.807, 2.05) is 0 Å². The Morgan fingerprint density at radius 3 is 2.83 bits per heavy atom. The fraction of sp³-hybridized carbons (Fsp3) is 0.538. The predicted octanol–water partition coefficient (Wildman–Crippen LogP) is 1.25. The molecule has 0 saturated heterocycles. The maximum absolute atomic E-state index is 11.8. The SMILES string of the molecule is CCCN(CC)CCNC(=O)c1ccncc1O. The molecule has 1 rings (SSSR count). The van der Waals surface area contributed by atoms with Gasteiger partial charge in [-0.15, -0.1) is 0 Å². The molecule has 0 aliphatic heterocycles. The number of amides is 1. The van der Waals surface area contributed by atoms with Gasteiger partial charge in [-0.25, -0.2) is 0 Å². The van der Waals surface area contributed by atoms with Crippen molar-refractivity contribution in [3.63, 3.8) is 0 Å². The molecule has 0 radical (unpaired) electrons. The maximum atomic E-state index is 11.8. The number of carbonyl (C=O) groups is 1. The van der Waals surface area contributed by atoms with Crippen LogP contribution in [0.15, 0.2) is 18.5 Å². The zero-order chi connectivity index (χ0) is 13.4. The quantitative estimate of drug-likeness (QED) is 0.765. The van der Waals surface area contributed by atoms with Gasteiger partial charge in [-0.3, -0.25) is 9.78 Å². The van der Waals surface area contributed by atoms with Gasteiger partial charge in [0.15, 0.2) is 0 Å². The molecule has 1 amide bonds. The van der Waals surface area contributed by atoms with Crippen LogP contribution in [0.3, 0.4) is 0 Å². The van der Waals surface area contributed by atoms with E-state index in [1.165, 1.54) is 18.5 Å². The molecular formula is C13H21N3O2. The van der Waals surface area contributed by atoms with Crippen molar-refractivity contribution >= 4 is 5.91 Å². The number of aromatic nitrogens is 1. The Labute approximate surface area is 108 Å². The van der Waals surface area contributed by atoms with Gasteiger partial charge in [0.05, 0.1) is 11.8 Å². The molecule has 1 aromatic heterocycles. The molecular weight excluding hydrogens is 230 g/mol. The summed E-state index contributed by atoms with van der Waals surface area (Å²) >= 11 is 0. The van der Waals surface area contributed by atoms with Crippen molar-refractivity contribution in [2.75, 3.05) is 26.2 Å². The van der Waals surface area contributed by atoms with Crippen LogP contribution in [0.2, 0.25) is 0 Å². The standard InChI is InChI=1S/C13H21N3O2/c1-3-8-16(4-2)9-7-15-13(18)11-5-6-14-10-12(11)17/h5-6,10,17H,3-4,7-9H2,1-2H3,(H,15,18). The number of nitrogens with one attached hydrogen (secondary N) is 1. The Kier molecular flexibility index (Phi) is 6.14. The smallest absolute Gasteiger partial charge is 0.255 e. The average Bonchev–Trinajstić information content (AvgIpc) is 2.38. The molecule has 0 bridgehead atoms. The molecule has 1 aromatic rings. The molecule has 2 N–H and O–H groups in total. The van der Waals surface area contributed by atoms with Crippen molar-refractivity contribution < 1.29 is 9.90 Å². The zero-order valence-corrected chi connectivity index (χ0v) is 11.0. The minimum atomic E-state index is -0.262. The summed E-state index contributed by atoms with van der Waals surface area (Å²) in [5.41, 5.74) is 0.267. The monoisotopic (exact) mass is 251 g/mol. The Balaban J connectivity index is 2.40. The first-order valence-electron chi connectivity index (χ1n) is 6.32. The summed E-state index contributed by atoms with van der Waals surface area (Å²) in [6, 6.07) is 1.51. The van der Waals surface area contributed by atoms with Crippen LogP contribution in [0, 0.1) is 0 Å². The predicted molar refractivity (Wildman–Crippen MR) is 70.6 cm³/mol. The van der Waals surface area contributed by atoms with Crippen molar-refractivity contribution in [3.05, 3.63) is 24.0 Å². The average molecular weight is 251 g/mol. The molecule has 100 valence electrons. The molecule has 0 saturated carbocycles. The molecule has 1 heterocycles. The Bertz CT molecular complexity index is 382. The van der Waals surface area contributed by atoms with Gasteiger partial charge in [0.25, 0.3) is 5.91 Å². The molecule has 0 spiro atoms. The van der Waals surface area contributed by atoms with Gasteiger partial charge in [-0.2, -0.15) is 0 Å². The summed E-state index contributed by atoms with van der Waals surface area (Å²) in [5.74, 6) is -0.349. The molecule has 0 aliphatic carbocycles. The first-order chi connectivity index (χ1) is 8.69. The van der Waals surface area contributed by atoms with Crippen molar-refractivity contribution in [1.82, 2.24) is 15.2 Å². The first-order valence-corrected chi connectivity index (χ1v) is 6.32. The van der Waals surface area contributed by atoms with Crippen molar-refractivity contribution in [1.29, 1.82) is 0 Å². The summed E-state index contributed by atoms with van der Waals surface area (Å²) in [5, 5.41) is 12.3. The van der Waals surface area contributed by atoms with E-state index in [0.717, 1.165) is 26.1 Å². The van der Waals surface area contributed by atoms with Crippen LogP contribution in [-0.2, 0) is 0 Å². The van der Waals surface area contributed by atoms with Crippen LogP contribution in [0.1, 0.15) is 30.6 Å². The van der Waals surface area contributed by atoms with E-state index in [-0.39, 0.29) is 17.2 Å². The Morgan fingerprint density at radius 1 is 1.44 bits per heavy atom. The second kappa shape index (κ2) is 7.66. The van der Waals surface area contributed by atoms with Crippen LogP contribution in [0.5, 0.6) is 5.75 Å². The number of nitrogens with zero attached hydrogens (tertiary/aromatic N) is 2. The number of pyridine rings is 1. The molecule has 0 aromatic carbocycles. The highest BCUT2D eigenvalue weighted by Crippen LogP contribution is 2.12. The van der Waals surface area contributed by atoms with Gasteiger partial charge >= 0.3 is 0 Å². The highest BCUT2D eigenvalue weighted by molar-refractivity contribution is 5.96. The number of hydrogen-bond acceptors (Lipinski definition) is 4. The topological polar surface area (TPSA) is 65.5 Å². The maximum Gasteiger partial charge on any atom is 0.255 e. The zero-order valence-electron chi connectivity index (χ0n) is 11.0. The summed E-state index contributed by atoms with van der Waals surface area (Å²) < 4.78 is 0. The lowest BCUT2D eigenvalue weighted by atomic mass is 10.2.